The average molecular weight is 400 g/mol. The van der Waals surface area contributed by atoms with Crippen molar-refractivity contribution in [1.29, 1.82) is 0 Å². The van der Waals surface area contributed by atoms with Crippen LogP contribution in [-0.2, 0) is 17.7 Å². The number of benzene rings is 1. The molecular formula is C21H25N3O3S. The molecule has 7 heteroatoms. The molecule has 0 bridgehead atoms. The number of amides is 1. The lowest BCUT2D eigenvalue weighted by Gasteiger charge is -2.24. The zero-order valence-corrected chi connectivity index (χ0v) is 17.1. The molecule has 0 aliphatic rings. The quantitative estimate of drug-likeness (QED) is 0.538. The smallest absolute Gasteiger partial charge is 0.408 e. The van der Waals surface area contributed by atoms with E-state index in [9.17, 15) is 4.79 Å². The second kappa shape index (κ2) is 8.48. The monoisotopic (exact) mass is 399 g/mol. The van der Waals surface area contributed by atoms with Gasteiger partial charge in [0.2, 0.25) is 0 Å². The first kappa shape index (κ1) is 19.9. The molecule has 0 saturated heterocycles. The van der Waals surface area contributed by atoms with Gasteiger partial charge in [0.05, 0.1) is 23.8 Å². The Kier molecular flexibility index (Phi) is 6.04. The van der Waals surface area contributed by atoms with Crippen LogP contribution in [0.25, 0.3) is 10.9 Å². The molecule has 148 valence electrons. The van der Waals surface area contributed by atoms with Gasteiger partial charge in [-0.15, -0.1) is 0 Å². The van der Waals surface area contributed by atoms with Gasteiger partial charge in [0, 0.05) is 23.5 Å². The predicted octanol–water partition coefficient (Wildman–Crippen LogP) is 4.31. The highest BCUT2D eigenvalue weighted by molar-refractivity contribution is 7.80. The van der Waals surface area contributed by atoms with Crippen LogP contribution in [0.15, 0.2) is 53.3 Å². The molecule has 0 fully saturated rings. The largest absolute Gasteiger partial charge is 0.467 e. The Morgan fingerprint density at radius 1 is 1.25 bits per heavy atom. The Morgan fingerprint density at radius 2 is 2.04 bits per heavy atom. The zero-order chi connectivity index (χ0) is 20.1. The summed E-state index contributed by atoms with van der Waals surface area (Å²) < 4.78 is 10.7. The number of carbonyl (C=O) groups excluding carboxylic acids is 1. The minimum atomic E-state index is -0.585. The Bertz CT molecular complexity index is 941. The van der Waals surface area contributed by atoms with Gasteiger partial charge in [0.25, 0.3) is 0 Å². The number of carbonyl (C=O) groups is 1. The van der Waals surface area contributed by atoms with E-state index < -0.39 is 17.7 Å². The van der Waals surface area contributed by atoms with Crippen molar-refractivity contribution in [2.24, 2.45) is 0 Å². The van der Waals surface area contributed by atoms with Crippen LogP contribution in [0.1, 0.15) is 32.1 Å². The van der Waals surface area contributed by atoms with E-state index in [0.29, 0.717) is 18.0 Å². The molecule has 0 aliphatic carbocycles. The Balaban J connectivity index is 1.74. The maximum absolute atomic E-state index is 12.4. The number of hydrogen-bond donors (Lipinski definition) is 3. The molecule has 3 rings (SSSR count). The van der Waals surface area contributed by atoms with Crippen LogP contribution in [0.4, 0.5) is 4.79 Å². The highest BCUT2D eigenvalue weighted by Crippen LogP contribution is 2.19. The maximum Gasteiger partial charge on any atom is 0.408 e. The second-order valence-corrected chi connectivity index (χ2v) is 8.00. The summed E-state index contributed by atoms with van der Waals surface area (Å²) in [4.78, 5) is 16.1. The molecule has 0 radical (unpaired) electrons. The van der Waals surface area contributed by atoms with Crippen LogP contribution in [0, 0.1) is 0 Å². The number of hydrogen-bond acceptors (Lipinski definition) is 4. The number of furan rings is 1. The van der Waals surface area contributed by atoms with E-state index in [2.05, 4.69) is 15.6 Å². The molecule has 0 unspecified atom stereocenters. The minimum Gasteiger partial charge on any atom is -0.467 e. The summed E-state index contributed by atoms with van der Waals surface area (Å²) in [6.07, 6.45) is 3.60. The Labute approximate surface area is 169 Å². The molecule has 2 heterocycles. The van der Waals surface area contributed by atoms with Gasteiger partial charge < -0.3 is 24.8 Å². The van der Waals surface area contributed by atoms with Crippen LogP contribution in [0.2, 0.25) is 0 Å². The van der Waals surface area contributed by atoms with Crippen LogP contribution >= 0.6 is 12.2 Å². The lowest BCUT2D eigenvalue weighted by molar-refractivity contribution is 0.0518. The summed E-state index contributed by atoms with van der Waals surface area (Å²) in [7, 11) is 0. The van der Waals surface area contributed by atoms with Crippen molar-refractivity contribution in [2.45, 2.75) is 45.4 Å². The minimum absolute atomic E-state index is 0.418. The highest BCUT2D eigenvalue weighted by atomic mass is 32.1. The number of aromatic amines is 1. The van der Waals surface area contributed by atoms with Gasteiger partial charge >= 0.3 is 6.09 Å². The third-order valence-corrected chi connectivity index (χ3v) is 4.55. The number of aromatic nitrogens is 1. The molecule has 3 aromatic rings. The van der Waals surface area contributed by atoms with Gasteiger partial charge in [-0.25, -0.2) is 4.79 Å². The van der Waals surface area contributed by atoms with Crippen molar-refractivity contribution in [3.05, 3.63) is 60.2 Å². The van der Waals surface area contributed by atoms with Crippen LogP contribution < -0.4 is 10.6 Å². The summed E-state index contributed by atoms with van der Waals surface area (Å²) in [5.74, 6) is 0.769. The van der Waals surface area contributed by atoms with Crippen LogP contribution in [0.5, 0.6) is 0 Å². The van der Waals surface area contributed by atoms with Gasteiger partial charge in [-0.3, -0.25) is 0 Å². The summed E-state index contributed by atoms with van der Waals surface area (Å²) >= 11 is 5.57. The van der Waals surface area contributed by atoms with Crippen molar-refractivity contribution in [3.63, 3.8) is 0 Å². The Hall–Kier alpha value is -2.80. The van der Waals surface area contributed by atoms with Crippen molar-refractivity contribution in [3.8, 4) is 0 Å². The molecule has 6 nitrogen and oxygen atoms in total. The van der Waals surface area contributed by atoms with E-state index in [1.807, 2.05) is 63.4 Å². The number of ether oxygens (including phenoxy) is 1. The van der Waals surface area contributed by atoms with Gasteiger partial charge in [-0.05, 0) is 44.5 Å². The fourth-order valence-corrected chi connectivity index (χ4v) is 3.10. The average Bonchev–Trinajstić information content (AvgIpc) is 3.27. The van der Waals surface area contributed by atoms with Crippen molar-refractivity contribution in [2.75, 3.05) is 0 Å². The topological polar surface area (TPSA) is 79.3 Å². The van der Waals surface area contributed by atoms with Gasteiger partial charge in [0.15, 0.2) is 0 Å². The van der Waals surface area contributed by atoms with E-state index in [1.165, 1.54) is 0 Å². The number of para-hydroxylation sites is 1. The molecule has 0 aliphatic heterocycles. The molecule has 1 aromatic carbocycles. The fourth-order valence-electron chi connectivity index (χ4n) is 2.89. The van der Waals surface area contributed by atoms with E-state index in [1.54, 1.807) is 6.26 Å². The van der Waals surface area contributed by atoms with Gasteiger partial charge in [-0.1, -0.05) is 30.4 Å². The first-order chi connectivity index (χ1) is 13.3. The van der Waals surface area contributed by atoms with E-state index >= 15 is 0 Å². The molecule has 28 heavy (non-hydrogen) atoms. The maximum atomic E-state index is 12.4. The number of rotatable bonds is 6. The summed E-state index contributed by atoms with van der Waals surface area (Å²) in [6, 6.07) is 11.3. The predicted molar refractivity (Wildman–Crippen MR) is 113 cm³/mol. The number of H-pyrrole nitrogens is 1. The molecule has 1 atom stereocenters. The summed E-state index contributed by atoms with van der Waals surface area (Å²) in [6.45, 7) is 5.93. The summed E-state index contributed by atoms with van der Waals surface area (Å²) in [5.41, 5.74) is 1.53. The third-order valence-electron chi connectivity index (χ3n) is 4.12. The van der Waals surface area contributed by atoms with Gasteiger partial charge in [0.1, 0.15) is 11.4 Å². The molecule has 1 amide bonds. The number of nitrogens with one attached hydrogen (secondary N) is 3. The first-order valence-electron chi connectivity index (χ1n) is 9.16. The van der Waals surface area contributed by atoms with Crippen LogP contribution in [0.3, 0.4) is 0 Å². The van der Waals surface area contributed by atoms with Crippen molar-refractivity contribution in [1.82, 2.24) is 15.6 Å². The van der Waals surface area contributed by atoms with E-state index in [4.69, 9.17) is 21.4 Å². The SMILES string of the molecule is CC(C)(C)OC(=O)N[C@H](Cc1c[nH]c2ccccc12)C(=S)NCc1ccco1. The van der Waals surface area contributed by atoms with Gasteiger partial charge in [-0.2, -0.15) is 0 Å². The number of fused-ring (bicyclic) bond motifs is 1. The second-order valence-electron chi connectivity index (χ2n) is 7.56. The molecule has 0 spiro atoms. The standard InChI is InChI=1S/C21H25N3O3S/c1-21(2,3)27-20(25)24-18(19(28)23-13-15-7-6-10-26-15)11-14-12-22-17-9-5-4-8-16(14)17/h4-10,12,18,22H,11,13H2,1-3H3,(H,23,28)(H,24,25)/t18-/m1/s1. The first-order valence-corrected chi connectivity index (χ1v) is 9.57. The van der Waals surface area contributed by atoms with Crippen molar-refractivity contribution < 1.29 is 13.9 Å². The normalized spacial score (nSPS) is 12.5. The molecule has 3 N–H and O–H groups in total. The molecular weight excluding hydrogens is 374 g/mol. The lowest BCUT2D eigenvalue weighted by Crippen LogP contribution is -2.48. The van der Waals surface area contributed by atoms with Crippen molar-refractivity contribution >= 4 is 34.2 Å². The fraction of sp³-hybridized carbons (Fsp3) is 0.333. The van der Waals surface area contributed by atoms with E-state index in [-0.39, 0.29) is 0 Å². The van der Waals surface area contributed by atoms with Crippen LogP contribution in [-0.4, -0.2) is 27.7 Å². The third kappa shape index (κ3) is 5.36. The zero-order valence-electron chi connectivity index (χ0n) is 16.2. The van der Waals surface area contributed by atoms with E-state index in [0.717, 1.165) is 22.2 Å². The Morgan fingerprint density at radius 3 is 2.75 bits per heavy atom. The number of thiocarbonyl (C=S) groups is 1. The number of alkyl carbamates (subject to hydrolysis) is 1. The molecule has 0 saturated carbocycles. The lowest BCUT2D eigenvalue weighted by atomic mass is 10.0. The molecule has 2 aromatic heterocycles. The summed E-state index contributed by atoms with van der Waals surface area (Å²) in [5, 5.41) is 7.17. The highest BCUT2D eigenvalue weighted by Gasteiger charge is 2.23.